The van der Waals surface area contributed by atoms with E-state index in [0.29, 0.717) is 29.0 Å². The van der Waals surface area contributed by atoms with Crippen molar-refractivity contribution in [2.45, 2.75) is 84.9 Å². The molecule has 2 aromatic rings. The van der Waals surface area contributed by atoms with Crippen LogP contribution in [0.4, 0.5) is 23.7 Å². The van der Waals surface area contributed by atoms with Gasteiger partial charge in [0.25, 0.3) is 5.91 Å². The Morgan fingerprint density at radius 3 is 2.31 bits per heavy atom. The average Bonchev–Trinajstić information content (AvgIpc) is 3.29. The Balaban J connectivity index is 1.81. The molecule has 1 aliphatic heterocycles. The molecule has 0 spiro atoms. The Hall–Kier alpha value is -3.96. The van der Waals surface area contributed by atoms with Crippen LogP contribution in [0, 0.1) is 6.92 Å². The SMILES string of the molecule is Cc1c(OCc2ccc(C(C)C)c(OC(F)(F)F)c2)ccc2c1CCN2C(=O)[C@@H](CC(=O)O)N(C)C(=O)OC(C)(C)C. The molecule has 9 nitrogen and oxygen atoms in total. The number of ether oxygens (including phenoxy) is 3. The van der Waals surface area contributed by atoms with Crippen molar-refractivity contribution in [2.24, 2.45) is 0 Å². The van der Waals surface area contributed by atoms with Crippen LogP contribution in [0.5, 0.6) is 11.5 Å². The molecule has 1 N–H and O–H groups in total. The van der Waals surface area contributed by atoms with E-state index in [-0.39, 0.29) is 24.8 Å². The van der Waals surface area contributed by atoms with Gasteiger partial charge in [-0.1, -0.05) is 26.0 Å². The quantitative estimate of drug-likeness (QED) is 0.369. The fourth-order valence-corrected chi connectivity index (χ4v) is 4.73. The van der Waals surface area contributed by atoms with Crippen LogP contribution in [0.15, 0.2) is 30.3 Å². The number of rotatable bonds is 9. The monoisotopic (exact) mass is 594 g/mol. The highest BCUT2D eigenvalue weighted by Crippen LogP contribution is 2.37. The van der Waals surface area contributed by atoms with Crippen molar-refractivity contribution in [3.63, 3.8) is 0 Å². The van der Waals surface area contributed by atoms with Crippen molar-refractivity contribution in [3.05, 3.63) is 52.6 Å². The highest BCUT2D eigenvalue weighted by Gasteiger charge is 2.38. The number of halogens is 3. The van der Waals surface area contributed by atoms with E-state index < -0.39 is 42.4 Å². The normalized spacial score (nSPS) is 13.9. The van der Waals surface area contributed by atoms with Crippen molar-refractivity contribution in [2.75, 3.05) is 18.5 Å². The number of amides is 2. The number of alkyl halides is 3. The fraction of sp³-hybridized carbons (Fsp3) is 0.500. The lowest BCUT2D eigenvalue weighted by Gasteiger charge is -2.31. The third kappa shape index (κ3) is 8.07. The van der Waals surface area contributed by atoms with Crippen molar-refractivity contribution >= 4 is 23.7 Å². The Morgan fingerprint density at radius 1 is 1.07 bits per heavy atom. The number of benzene rings is 2. The van der Waals surface area contributed by atoms with E-state index >= 15 is 0 Å². The van der Waals surface area contributed by atoms with Gasteiger partial charge in [0.1, 0.15) is 29.7 Å². The first-order valence-corrected chi connectivity index (χ1v) is 13.5. The third-order valence-electron chi connectivity index (χ3n) is 6.79. The molecule has 0 aliphatic carbocycles. The van der Waals surface area contributed by atoms with Crippen LogP contribution in [0.3, 0.4) is 0 Å². The molecule has 1 heterocycles. The summed E-state index contributed by atoms with van der Waals surface area (Å²) >= 11 is 0. The number of anilines is 1. The summed E-state index contributed by atoms with van der Waals surface area (Å²) in [6, 6.07) is 6.63. The van der Waals surface area contributed by atoms with E-state index in [0.717, 1.165) is 16.0 Å². The van der Waals surface area contributed by atoms with E-state index in [1.165, 1.54) is 18.0 Å². The first-order valence-electron chi connectivity index (χ1n) is 13.5. The molecule has 0 saturated carbocycles. The van der Waals surface area contributed by atoms with Crippen LogP contribution in [0.2, 0.25) is 0 Å². The zero-order chi connectivity index (χ0) is 31.6. The van der Waals surface area contributed by atoms with Crippen LogP contribution in [-0.4, -0.2) is 59.6 Å². The maximum Gasteiger partial charge on any atom is 0.573 e. The van der Waals surface area contributed by atoms with Gasteiger partial charge in [0, 0.05) is 19.3 Å². The second-order valence-corrected chi connectivity index (χ2v) is 11.5. The molecule has 42 heavy (non-hydrogen) atoms. The molecule has 0 aromatic heterocycles. The van der Waals surface area contributed by atoms with Crippen molar-refractivity contribution in [1.29, 1.82) is 0 Å². The molecule has 230 valence electrons. The van der Waals surface area contributed by atoms with Gasteiger partial charge in [-0.05, 0) is 80.5 Å². The van der Waals surface area contributed by atoms with Crippen LogP contribution in [-0.2, 0) is 27.4 Å². The molecule has 0 saturated heterocycles. The number of hydrogen-bond donors (Lipinski definition) is 1. The molecular formula is C30H37F3N2O7. The summed E-state index contributed by atoms with van der Waals surface area (Å²) < 4.78 is 54.4. The summed E-state index contributed by atoms with van der Waals surface area (Å²) in [6.45, 7) is 10.6. The van der Waals surface area contributed by atoms with E-state index in [1.807, 2.05) is 6.92 Å². The number of aliphatic carboxylic acids is 1. The van der Waals surface area contributed by atoms with E-state index in [4.69, 9.17) is 9.47 Å². The van der Waals surface area contributed by atoms with Crippen LogP contribution >= 0.6 is 0 Å². The second-order valence-electron chi connectivity index (χ2n) is 11.5. The van der Waals surface area contributed by atoms with E-state index in [2.05, 4.69) is 4.74 Å². The number of likely N-dealkylation sites (N-methyl/N-ethyl adjacent to an activating group) is 1. The van der Waals surface area contributed by atoms with Crippen LogP contribution < -0.4 is 14.4 Å². The fourth-order valence-electron chi connectivity index (χ4n) is 4.73. The predicted molar refractivity (Wildman–Crippen MR) is 149 cm³/mol. The van der Waals surface area contributed by atoms with E-state index in [1.54, 1.807) is 58.9 Å². The largest absolute Gasteiger partial charge is 0.573 e. The molecule has 0 radical (unpaired) electrons. The lowest BCUT2D eigenvalue weighted by Crippen LogP contribution is -2.51. The van der Waals surface area contributed by atoms with Crippen LogP contribution in [0.25, 0.3) is 0 Å². The number of hydrogen-bond acceptors (Lipinski definition) is 6. The predicted octanol–water partition coefficient (Wildman–Crippen LogP) is 6.20. The van der Waals surface area contributed by atoms with Gasteiger partial charge in [-0.15, -0.1) is 13.2 Å². The molecule has 0 unspecified atom stereocenters. The minimum absolute atomic E-state index is 0.0176. The lowest BCUT2D eigenvalue weighted by molar-refractivity contribution is -0.275. The Kier molecular flexibility index (Phi) is 9.69. The van der Waals surface area contributed by atoms with Crippen molar-refractivity contribution in [3.8, 4) is 11.5 Å². The summed E-state index contributed by atoms with van der Waals surface area (Å²) in [6.07, 6.45) is -5.77. The third-order valence-corrected chi connectivity index (χ3v) is 6.79. The standard InChI is InChI=1S/C30H37F3N2O7/c1-17(2)20-9-8-19(14-25(20)41-30(31,32)33)16-40-24-11-10-22-21(18(24)3)12-13-35(22)27(38)23(15-26(36)37)34(7)28(39)42-29(4,5)6/h8-11,14,17,23H,12-13,15-16H2,1-7H3,(H,36,37)/t23-/m1/s1. The maximum atomic E-state index is 13.6. The molecule has 1 aliphatic rings. The lowest BCUT2D eigenvalue weighted by atomic mass is 10.0. The smallest absolute Gasteiger partial charge is 0.489 e. The first-order chi connectivity index (χ1) is 19.4. The summed E-state index contributed by atoms with van der Waals surface area (Å²) in [4.78, 5) is 40.2. The van der Waals surface area contributed by atoms with Gasteiger partial charge in [0.15, 0.2) is 0 Å². The van der Waals surface area contributed by atoms with Crippen molar-refractivity contribution in [1.82, 2.24) is 4.90 Å². The second kappa shape index (κ2) is 12.5. The van der Waals surface area contributed by atoms with Crippen LogP contribution in [0.1, 0.15) is 69.2 Å². The molecule has 2 amide bonds. The molecule has 12 heteroatoms. The Morgan fingerprint density at radius 2 is 1.74 bits per heavy atom. The van der Waals surface area contributed by atoms with Gasteiger partial charge < -0.3 is 24.2 Å². The summed E-state index contributed by atoms with van der Waals surface area (Å²) in [7, 11) is 1.33. The van der Waals surface area contributed by atoms with Gasteiger partial charge in [-0.3, -0.25) is 14.5 Å². The van der Waals surface area contributed by atoms with Gasteiger partial charge >= 0.3 is 18.4 Å². The Bertz CT molecular complexity index is 1340. The number of carbonyl (C=O) groups excluding carboxylic acids is 2. The summed E-state index contributed by atoms with van der Waals surface area (Å²) in [5.41, 5.74) is 2.19. The number of nitrogens with zero attached hydrogens (tertiary/aromatic N) is 2. The molecule has 2 aromatic carbocycles. The minimum Gasteiger partial charge on any atom is -0.489 e. The summed E-state index contributed by atoms with van der Waals surface area (Å²) in [5, 5.41) is 9.45. The molecule has 0 bridgehead atoms. The minimum atomic E-state index is -4.83. The first kappa shape index (κ1) is 32.6. The average molecular weight is 595 g/mol. The van der Waals surface area contributed by atoms with E-state index in [9.17, 15) is 32.7 Å². The Labute approximate surface area is 243 Å². The summed E-state index contributed by atoms with van der Waals surface area (Å²) in [5.74, 6) is -1.76. The van der Waals surface area contributed by atoms with Gasteiger partial charge in [-0.25, -0.2) is 4.79 Å². The molecule has 3 rings (SSSR count). The number of fused-ring (bicyclic) bond motifs is 1. The number of carbonyl (C=O) groups is 3. The number of carboxylic acids is 1. The molecular weight excluding hydrogens is 557 g/mol. The highest BCUT2D eigenvalue weighted by molar-refractivity contribution is 6.02. The molecule has 0 fully saturated rings. The zero-order valence-electron chi connectivity index (χ0n) is 24.8. The van der Waals surface area contributed by atoms with Gasteiger partial charge in [0.05, 0.1) is 6.42 Å². The maximum absolute atomic E-state index is 13.6. The number of carboxylic acid groups (broad SMARTS) is 1. The van der Waals surface area contributed by atoms with Gasteiger partial charge in [0.2, 0.25) is 0 Å². The van der Waals surface area contributed by atoms with Gasteiger partial charge in [-0.2, -0.15) is 0 Å². The molecule has 1 atom stereocenters. The zero-order valence-corrected chi connectivity index (χ0v) is 24.8. The highest BCUT2D eigenvalue weighted by atomic mass is 19.4. The topological polar surface area (TPSA) is 106 Å². The van der Waals surface area contributed by atoms with Crippen molar-refractivity contribution < 1.29 is 46.9 Å².